The maximum absolute atomic E-state index is 11.6. The third-order valence-electron chi connectivity index (χ3n) is 1.93. The molecule has 4 nitrogen and oxygen atoms in total. The summed E-state index contributed by atoms with van der Waals surface area (Å²) in [5.41, 5.74) is 1.86. The molecule has 15 heavy (non-hydrogen) atoms. The molecule has 1 N–H and O–H groups in total. The number of anilines is 1. The highest BCUT2D eigenvalue weighted by Crippen LogP contribution is 2.09. The van der Waals surface area contributed by atoms with E-state index in [1.807, 2.05) is 31.2 Å². The van der Waals surface area contributed by atoms with Crippen molar-refractivity contribution in [3.05, 3.63) is 48.3 Å². The number of carbonyl (C=O) groups is 1. The lowest BCUT2D eigenvalue weighted by Gasteiger charge is -2.04. The van der Waals surface area contributed by atoms with Crippen molar-refractivity contribution in [2.45, 2.75) is 6.92 Å². The Bertz CT molecular complexity index is 462. The van der Waals surface area contributed by atoms with E-state index in [0.29, 0.717) is 0 Å². The molecule has 0 saturated carbocycles. The van der Waals surface area contributed by atoms with Crippen molar-refractivity contribution in [3.63, 3.8) is 0 Å². The molecule has 0 fully saturated rings. The van der Waals surface area contributed by atoms with Crippen LogP contribution in [0.15, 0.2) is 36.5 Å². The Morgan fingerprint density at radius 3 is 3.07 bits per heavy atom. The molecule has 0 saturated heterocycles. The minimum Gasteiger partial charge on any atom is -0.306 e. The highest BCUT2D eigenvalue weighted by Gasteiger charge is 2.03. The van der Waals surface area contributed by atoms with E-state index in [2.05, 4.69) is 16.6 Å². The number of carbonyl (C=O) groups excluding carboxylic acids is 1. The fraction of sp³-hybridized carbons (Fsp3) is 0.0909. The third-order valence-corrected chi connectivity index (χ3v) is 1.93. The lowest BCUT2D eigenvalue weighted by molar-refractivity contribution is 0.251. The molecule has 0 unspecified atom stereocenters. The molecule has 1 radical (unpaired) electrons. The smallest absolute Gasteiger partial charge is 0.306 e. The van der Waals surface area contributed by atoms with Gasteiger partial charge in [-0.25, -0.2) is 4.79 Å². The van der Waals surface area contributed by atoms with Crippen LogP contribution >= 0.6 is 0 Å². The van der Waals surface area contributed by atoms with Crippen LogP contribution in [0.4, 0.5) is 10.5 Å². The van der Waals surface area contributed by atoms with Gasteiger partial charge in [-0.3, -0.25) is 0 Å². The van der Waals surface area contributed by atoms with Crippen molar-refractivity contribution >= 4 is 11.7 Å². The summed E-state index contributed by atoms with van der Waals surface area (Å²) in [4.78, 5) is 11.6. The zero-order chi connectivity index (χ0) is 10.7. The zero-order valence-corrected chi connectivity index (χ0v) is 8.27. The van der Waals surface area contributed by atoms with Gasteiger partial charge in [0, 0.05) is 11.9 Å². The molecular formula is C11H10N3O. The van der Waals surface area contributed by atoms with Crippen molar-refractivity contribution < 1.29 is 4.79 Å². The fourth-order valence-electron chi connectivity index (χ4n) is 1.25. The molecular weight excluding hydrogens is 190 g/mol. The summed E-state index contributed by atoms with van der Waals surface area (Å²) in [7, 11) is 0. The average molecular weight is 200 g/mol. The first-order chi connectivity index (χ1) is 7.25. The number of hydrogen-bond acceptors (Lipinski definition) is 2. The molecule has 0 atom stereocenters. The van der Waals surface area contributed by atoms with Gasteiger partial charge in [0.05, 0.1) is 0 Å². The summed E-state index contributed by atoms with van der Waals surface area (Å²) in [6, 6.07) is 8.87. The van der Waals surface area contributed by atoms with Gasteiger partial charge in [-0.05, 0) is 30.7 Å². The summed E-state index contributed by atoms with van der Waals surface area (Å²) in [5, 5.41) is 6.44. The standard InChI is InChI=1S/C11H10N3O/c1-9-4-2-5-10(8-9)13-11(15)14-7-3-6-12-14/h2-5,7-8H,1H3,(H,13,15). The van der Waals surface area contributed by atoms with E-state index in [0.717, 1.165) is 11.3 Å². The van der Waals surface area contributed by atoms with Crippen molar-refractivity contribution in [2.75, 3.05) is 5.32 Å². The summed E-state index contributed by atoms with van der Waals surface area (Å²) < 4.78 is 1.20. The summed E-state index contributed by atoms with van der Waals surface area (Å²) in [6.45, 7) is 1.97. The van der Waals surface area contributed by atoms with E-state index < -0.39 is 0 Å². The molecule has 2 rings (SSSR count). The van der Waals surface area contributed by atoms with E-state index >= 15 is 0 Å². The number of rotatable bonds is 1. The van der Waals surface area contributed by atoms with Gasteiger partial charge in [-0.15, -0.1) is 0 Å². The van der Waals surface area contributed by atoms with Gasteiger partial charge in [-0.2, -0.15) is 9.78 Å². The molecule has 0 aliphatic heterocycles. The molecule has 2 aromatic rings. The molecule has 0 aliphatic carbocycles. The Labute approximate surface area is 87.5 Å². The Morgan fingerprint density at radius 2 is 2.40 bits per heavy atom. The van der Waals surface area contributed by atoms with Crippen LogP contribution in [0.5, 0.6) is 0 Å². The second kappa shape index (κ2) is 3.96. The molecule has 1 aromatic carbocycles. The number of aromatic nitrogens is 2. The van der Waals surface area contributed by atoms with Gasteiger partial charge < -0.3 is 5.32 Å². The average Bonchev–Trinajstić information content (AvgIpc) is 2.70. The van der Waals surface area contributed by atoms with E-state index in [4.69, 9.17) is 0 Å². The van der Waals surface area contributed by atoms with Crippen molar-refractivity contribution in [3.8, 4) is 0 Å². The van der Waals surface area contributed by atoms with Crippen LogP contribution in [0.1, 0.15) is 5.56 Å². The van der Waals surface area contributed by atoms with E-state index in [1.54, 1.807) is 12.3 Å². The quantitative estimate of drug-likeness (QED) is 0.766. The van der Waals surface area contributed by atoms with Gasteiger partial charge in [0.25, 0.3) is 0 Å². The largest absolute Gasteiger partial charge is 0.346 e. The number of nitrogens with zero attached hydrogens (tertiary/aromatic N) is 2. The zero-order valence-electron chi connectivity index (χ0n) is 8.27. The first-order valence-electron chi connectivity index (χ1n) is 4.55. The predicted molar refractivity (Wildman–Crippen MR) is 56.7 cm³/mol. The van der Waals surface area contributed by atoms with Crippen LogP contribution in [-0.2, 0) is 0 Å². The minimum absolute atomic E-state index is 0.290. The predicted octanol–water partition coefficient (Wildman–Crippen LogP) is 2.07. The molecule has 75 valence electrons. The van der Waals surface area contributed by atoms with Crippen LogP contribution in [0, 0.1) is 13.1 Å². The summed E-state index contributed by atoms with van der Waals surface area (Å²) in [6.07, 6.45) is 4.11. The SMILES string of the molecule is Cc1cccc(NC(=O)n2cc[c]n2)c1. The van der Waals surface area contributed by atoms with Gasteiger partial charge in [0.15, 0.2) is 0 Å². The number of aryl methyl sites for hydroxylation is 1. The number of hydrogen-bond donors (Lipinski definition) is 1. The fourth-order valence-corrected chi connectivity index (χ4v) is 1.25. The Balaban J connectivity index is 2.13. The minimum atomic E-state index is -0.290. The topological polar surface area (TPSA) is 46.9 Å². The summed E-state index contributed by atoms with van der Waals surface area (Å²) in [5.74, 6) is 0. The van der Waals surface area contributed by atoms with Gasteiger partial charge in [0.1, 0.15) is 6.20 Å². The molecule has 4 heteroatoms. The summed E-state index contributed by atoms with van der Waals surface area (Å²) >= 11 is 0. The molecule has 0 spiro atoms. The number of benzene rings is 1. The van der Waals surface area contributed by atoms with Crippen LogP contribution in [0.25, 0.3) is 0 Å². The van der Waals surface area contributed by atoms with Gasteiger partial charge >= 0.3 is 6.03 Å². The Hall–Kier alpha value is -2.10. The number of amides is 1. The highest BCUT2D eigenvalue weighted by molar-refractivity contribution is 5.90. The monoisotopic (exact) mass is 200 g/mol. The second-order valence-corrected chi connectivity index (χ2v) is 3.19. The molecule has 1 aromatic heterocycles. The maximum Gasteiger partial charge on any atom is 0.346 e. The Kier molecular flexibility index (Phi) is 2.49. The van der Waals surface area contributed by atoms with Crippen molar-refractivity contribution in [1.82, 2.24) is 9.78 Å². The second-order valence-electron chi connectivity index (χ2n) is 3.19. The van der Waals surface area contributed by atoms with Crippen LogP contribution in [0.2, 0.25) is 0 Å². The number of nitrogens with one attached hydrogen (secondary N) is 1. The van der Waals surface area contributed by atoms with Crippen LogP contribution in [0.3, 0.4) is 0 Å². The molecule has 0 bridgehead atoms. The van der Waals surface area contributed by atoms with E-state index in [-0.39, 0.29) is 6.03 Å². The van der Waals surface area contributed by atoms with Gasteiger partial charge in [0.2, 0.25) is 0 Å². The molecule has 0 aliphatic rings. The molecule has 1 amide bonds. The third kappa shape index (κ3) is 2.22. The van der Waals surface area contributed by atoms with Crippen LogP contribution < -0.4 is 5.32 Å². The van der Waals surface area contributed by atoms with E-state index in [1.165, 1.54) is 4.68 Å². The van der Waals surface area contributed by atoms with Crippen molar-refractivity contribution in [1.29, 1.82) is 0 Å². The first kappa shape index (κ1) is 9.45. The van der Waals surface area contributed by atoms with E-state index in [9.17, 15) is 4.79 Å². The van der Waals surface area contributed by atoms with Crippen molar-refractivity contribution in [2.24, 2.45) is 0 Å². The molecule has 1 heterocycles. The lowest BCUT2D eigenvalue weighted by atomic mass is 10.2. The maximum atomic E-state index is 11.6. The Morgan fingerprint density at radius 1 is 1.53 bits per heavy atom. The lowest BCUT2D eigenvalue weighted by Crippen LogP contribution is -2.19. The van der Waals surface area contributed by atoms with Gasteiger partial charge in [-0.1, -0.05) is 12.1 Å². The first-order valence-corrected chi connectivity index (χ1v) is 4.55. The normalized spacial score (nSPS) is 9.93. The van der Waals surface area contributed by atoms with Crippen LogP contribution in [-0.4, -0.2) is 15.8 Å². The highest BCUT2D eigenvalue weighted by atomic mass is 16.2.